The number of terminal acetylenes is 2. The molecule has 52 heavy (non-hydrogen) atoms. The highest BCUT2D eigenvalue weighted by atomic mass is 16.6. The number of benzene rings is 3. The topological polar surface area (TPSA) is 99.6 Å². The Morgan fingerprint density at radius 2 is 0.712 bits per heavy atom. The first-order chi connectivity index (χ1) is 25.7. The first-order valence-corrected chi connectivity index (χ1v) is 17.3. The minimum Gasteiger partial charge on any atom is -0.491 e. The number of pyridine rings is 2. The molecule has 0 unspecified atom stereocenters. The van der Waals surface area contributed by atoms with Crippen LogP contribution in [-0.2, 0) is 28.4 Å². The quantitative estimate of drug-likeness (QED) is 0.0417. The van der Waals surface area contributed by atoms with Crippen molar-refractivity contribution >= 4 is 21.8 Å². The minimum atomic E-state index is 0.296. The summed E-state index contributed by atoms with van der Waals surface area (Å²) in [6.07, 6.45) is 10.3. The lowest BCUT2D eigenvalue weighted by Crippen LogP contribution is -2.12. The molecule has 3 aromatic carbocycles. The van der Waals surface area contributed by atoms with E-state index in [1.54, 1.807) is 0 Å². The van der Waals surface area contributed by atoms with Crippen molar-refractivity contribution in [1.29, 1.82) is 0 Å². The molecule has 0 aliphatic carbocycles. The number of aromatic nitrogens is 2. The normalized spacial score (nSPS) is 11.0. The van der Waals surface area contributed by atoms with Crippen molar-refractivity contribution in [2.45, 2.75) is 0 Å². The number of nitrogens with zero attached hydrogens (tertiary/aromatic N) is 2. The molecular weight excluding hydrogens is 660 g/mol. The summed E-state index contributed by atoms with van der Waals surface area (Å²) in [5, 5.41) is 2.05. The SMILES string of the molecule is C#CCOCCOCCOCCOc1ccc(-c2ccc3ccc4ccc(-c5ccc(OCCOCCOCCOCC#C)cc5)nc4c3n2)cc1. The molecule has 10 nitrogen and oxygen atoms in total. The molecule has 5 rings (SSSR count). The predicted molar refractivity (Wildman–Crippen MR) is 201 cm³/mol. The molecule has 10 heteroatoms. The van der Waals surface area contributed by atoms with Gasteiger partial charge in [-0.25, -0.2) is 9.97 Å². The van der Waals surface area contributed by atoms with Gasteiger partial charge in [-0.1, -0.05) is 36.1 Å². The highest BCUT2D eigenvalue weighted by Crippen LogP contribution is 2.30. The van der Waals surface area contributed by atoms with E-state index in [0.29, 0.717) is 92.5 Å². The summed E-state index contributed by atoms with van der Waals surface area (Å²) in [5.41, 5.74) is 5.38. The second kappa shape index (κ2) is 22.0. The number of hydrogen-bond acceptors (Lipinski definition) is 10. The molecular formula is C42H44N2O8. The maximum atomic E-state index is 5.85. The molecule has 2 heterocycles. The zero-order valence-corrected chi connectivity index (χ0v) is 29.3. The molecule has 0 atom stereocenters. The van der Waals surface area contributed by atoms with E-state index in [1.165, 1.54) is 0 Å². The third kappa shape index (κ3) is 12.3. The average Bonchev–Trinajstić information content (AvgIpc) is 3.19. The molecule has 5 aromatic rings. The van der Waals surface area contributed by atoms with Crippen LogP contribution in [0.2, 0.25) is 0 Å². The second-order valence-corrected chi connectivity index (χ2v) is 11.3. The van der Waals surface area contributed by atoms with E-state index < -0.39 is 0 Å². The van der Waals surface area contributed by atoms with Gasteiger partial charge in [0.05, 0.1) is 88.5 Å². The number of ether oxygens (including phenoxy) is 8. The predicted octanol–water partition coefficient (Wildman–Crippen LogP) is 6.24. The van der Waals surface area contributed by atoms with Gasteiger partial charge in [-0.15, -0.1) is 12.8 Å². The van der Waals surface area contributed by atoms with Crippen molar-refractivity contribution in [3.8, 4) is 58.7 Å². The smallest absolute Gasteiger partial charge is 0.119 e. The highest BCUT2D eigenvalue weighted by Gasteiger charge is 2.10. The van der Waals surface area contributed by atoms with Gasteiger partial charge in [-0.2, -0.15) is 0 Å². The number of fused-ring (bicyclic) bond motifs is 3. The molecule has 0 aliphatic heterocycles. The molecule has 0 radical (unpaired) electrons. The van der Waals surface area contributed by atoms with Crippen LogP contribution in [0.25, 0.3) is 44.3 Å². The van der Waals surface area contributed by atoms with E-state index >= 15 is 0 Å². The van der Waals surface area contributed by atoms with Crippen LogP contribution in [0.3, 0.4) is 0 Å². The van der Waals surface area contributed by atoms with E-state index in [1.807, 2.05) is 60.7 Å². The lowest BCUT2D eigenvalue weighted by atomic mass is 10.1. The standard InChI is InChI=1S/C42H44N2O8/c1-3-19-45-21-23-47-25-27-49-29-31-51-37-13-7-33(8-14-37)39-17-11-35-5-6-36-12-18-40(44-42(36)41(35)43-39)34-9-15-38(16-10-34)52-32-30-50-28-26-48-24-22-46-20-4-2/h1-2,5-18H,19-32H2. The fraction of sp³-hybridized carbons (Fsp3) is 0.333. The van der Waals surface area contributed by atoms with Gasteiger partial charge >= 0.3 is 0 Å². The molecule has 0 N–H and O–H groups in total. The summed E-state index contributed by atoms with van der Waals surface area (Å²) in [6.45, 7) is 6.27. The first kappa shape index (κ1) is 38.2. The zero-order valence-electron chi connectivity index (χ0n) is 29.3. The van der Waals surface area contributed by atoms with Gasteiger partial charge in [0.25, 0.3) is 0 Å². The molecule has 270 valence electrons. The van der Waals surface area contributed by atoms with Crippen LogP contribution in [-0.4, -0.2) is 102 Å². The van der Waals surface area contributed by atoms with Gasteiger partial charge in [0.1, 0.15) is 37.9 Å². The van der Waals surface area contributed by atoms with Crippen LogP contribution in [0.4, 0.5) is 0 Å². The zero-order chi connectivity index (χ0) is 36.1. The van der Waals surface area contributed by atoms with E-state index in [2.05, 4.69) is 36.1 Å². The molecule has 2 aromatic heterocycles. The third-order valence-electron chi connectivity index (χ3n) is 7.67. The Morgan fingerprint density at radius 3 is 1.08 bits per heavy atom. The Bertz CT molecular complexity index is 1750. The monoisotopic (exact) mass is 704 g/mol. The van der Waals surface area contributed by atoms with Crippen LogP contribution in [0.5, 0.6) is 11.5 Å². The Hall–Kier alpha value is -5.04. The first-order valence-electron chi connectivity index (χ1n) is 17.3. The lowest BCUT2D eigenvalue weighted by Gasteiger charge is -2.10. The van der Waals surface area contributed by atoms with Gasteiger partial charge in [-0.3, -0.25) is 0 Å². The second-order valence-electron chi connectivity index (χ2n) is 11.3. The average molecular weight is 705 g/mol. The van der Waals surface area contributed by atoms with Crippen molar-refractivity contribution in [3.05, 3.63) is 84.9 Å². The summed E-state index contributed by atoms with van der Waals surface area (Å²) in [5.74, 6) is 6.36. The van der Waals surface area contributed by atoms with Crippen LogP contribution >= 0.6 is 0 Å². The van der Waals surface area contributed by atoms with Crippen LogP contribution in [0, 0.1) is 24.7 Å². The van der Waals surface area contributed by atoms with Crippen molar-refractivity contribution in [3.63, 3.8) is 0 Å². The van der Waals surface area contributed by atoms with Crippen LogP contribution in [0.1, 0.15) is 0 Å². The summed E-state index contributed by atoms with van der Waals surface area (Å²) >= 11 is 0. The van der Waals surface area contributed by atoms with Crippen LogP contribution in [0.15, 0.2) is 84.9 Å². The summed E-state index contributed by atoms with van der Waals surface area (Å²) in [7, 11) is 0. The van der Waals surface area contributed by atoms with E-state index in [9.17, 15) is 0 Å². The highest BCUT2D eigenvalue weighted by molar-refractivity contribution is 6.04. The fourth-order valence-corrected chi connectivity index (χ4v) is 5.11. The van der Waals surface area contributed by atoms with Crippen LogP contribution < -0.4 is 9.47 Å². The van der Waals surface area contributed by atoms with Gasteiger partial charge < -0.3 is 37.9 Å². The van der Waals surface area contributed by atoms with Crippen molar-refractivity contribution in [1.82, 2.24) is 9.97 Å². The molecule has 0 amide bonds. The molecule has 0 aliphatic rings. The Morgan fingerprint density at radius 1 is 0.385 bits per heavy atom. The summed E-state index contributed by atoms with van der Waals surface area (Å²) in [6, 6.07) is 28.2. The molecule has 0 saturated carbocycles. The minimum absolute atomic E-state index is 0.296. The van der Waals surface area contributed by atoms with E-state index in [-0.39, 0.29) is 0 Å². The molecule has 0 saturated heterocycles. The largest absolute Gasteiger partial charge is 0.491 e. The van der Waals surface area contributed by atoms with Crippen molar-refractivity contribution in [2.75, 3.05) is 92.5 Å². The number of rotatable bonds is 24. The Balaban J connectivity index is 1.10. The van der Waals surface area contributed by atoms with Gasteiger partial charge in [0.15, 0.2) is 0 Å². The van der Waals surface area contributed by atoms with E-state index in [4.69, 9.17) is 60.7 Å². The Labute approximate surface area is 305 Å². The van der Waals surface area contributed by atoms with Gasteiger partial charge in [0.2, 0.25) is 0 Å². The fourth-order valence-electron chi connectivity index (χ4n) is 5.11. The Kier molecular flexibility index (Phi) is 16.2. The maximum Gasteiger partial charge on any atom is 0.119 e. The van der Waals surface area contributed by atoms with E-state index in [0.717, 1.165) is 55.8 Å². The van der Waals surface area contributed by atoms with Crippen molar-refractivity contribution < 1.29 is 37.9 Å². The summed E-state index contributed by atoms with van der Waals surface area (Å²) in [4.78, 5) is 10.1. The molecule has 0 fully saturated rings. The maximum absolute atomic E-state index is 5.85. The third-order valence-corrected chi connectivity index (χ3v) is 7.67. The molecule has 0 spiro atoms. The van der Waals surface area contributed by atoms with Gasteiger partial charge in [-0.05, 0) is 60.7 Å². The molecule has 0 bridgehead atoms. The number of hydrogen-bond donors (Lipinski definition) is 0. The lowest BCUT2D eigenvalue weighted by molar-refractivity contribution is 0.0142. The van der Waals surface area contributed by atoms with Gasteiger partial charge in [0, 0.05) is 21.9 Å². The van der Waals surface area contributed by atoms with Crippen molar-refractivity contribution in [2.24, 2.45) is 0 Å². The summed E-state index contributed by atoms with van der Waals surface area (Å²) < 4.78 is 44.0.